The van der Waals surface area contributed by atoms with E-state index in [1.807, 2.05) is 13.8 Å². The molecular formula is C12H14ClN5O2. The van der Waals surface area contributed by atoms with Crippen molar-refractivity contribution in [3.8, 4) is 11.8 Å². The van der Waals surface area contributed by atoms with Crippen LogP contribution >= 0.6 is 11.6 Å². The first-order valence-electron chi connectivity index (χ1n) is 6.17. The largest absolute Gasteiger partial charge is 0.421 e. The maximum atomic E-state index is 12.0. The molecule has 0 aliphatic heterocycles. The highest BCUT2D eigenvalue weighted by Gasteiger charge is 2.17. The minimum absolute atomic E-state index is 0.0291. The summed E-state index contributed by atoms with van der Waals surface area (Å²) in [5, 5.41) is 11.7. The van der Waals surface area contributed by atoms with Crippen molar-refractivity contribution in [3.05, 3.63) is 29.3 Å². The Hall–Kier alpha value is -2.15. The van der Waals surface area contributed by atoms with Gasteiger partial charge in [-0.1, -0.05) is 38.7 Å². The number of rotatable bonds is 4. The summed E-state index contributed by atoms with van der Waals surface area (Å²) in [7, 11) is 0. The molecule has 8 heteroatoms. The van der Waals surface area contributed by atoms with Gasteiger partial charge in [0.05, 0.1) is 5.02 Å². The quantitative estimate of drug-likeness (QED) is 0.866. The maximum Gasteiger partial charge on any atom is 0.363 e. The lowest BCUT2D eigenvalue weighted by Gasteiger charge is -2.15. The van der Waals surface area contributed by atoms with Crippen molar-refractivity contribution in [2.24, 2.45) is 0 Å². The Morgan fingerprint density at radius 3 is 2.70 bits per heavy atom. The zero-order valence-corrected chi connectivity index (χ0v) is 11.9. The lowest BCUT2D eigenvalue weighted by Crippen LogP contribution is -2.35. The van der Waals surface area contributed by atoms with Crippen molar-refractivity contribution >= 4 is 17.6 Å². The monoisotopic (exact) mass is 295 g/mol. The number of aromatic nitrogens is 4. The predicted octanol–water partition coefficient (Wildman–Crippen LogP) is 2.43. The Bertz CT molecular complexity index is 597. The van der Waals surface area contributed by atoms with Crippen LogP contribution in [0.1, 0.15) is 13.8 Å². The first-order chi connectivity index (χ1) is 9.65. The van der Waals surface area contributed by atoms with Crippen LogP contribution < -0.4 is 4.74 Å². The van der Waals surface area contributed by atoms with Crippen molar-refractivity contribution in [1.82, 2.24) is 25.1 Å². The van der Waals surface area contributed by atoms with Crippen molar-refractivity contribution in [1.29, 1.82) is 0 Å². The molecule has 0 fully saturated rings. The average Bonchev–Trinajstić information content (AvgIpc) is 2.91. The first kappa shape index (κ1) is 14.3. The predicted molar refractivity (Wildman–Crippen MR) is 73.1 cm³/mol. The Kier molecular flexibility index (Phi) is 4.52. The topological polar surface area (TPSA) is 73.1 Å². The highest BCUT2D eigenvalue weighted by molar-refractivity contribution is 6.32. The van der Waals surface area contributed by atoms with Crippen LogP contribution in [-0.2, 0) is 0 Å². The van der Waals surface area contributed by atoms with Gasteiger partial charge in [-0.15, -0.1) is 0 Å². The second kappa shape index (κ2) is 6.33. The molecule has 0 atom stereocenters. The third-order valence-corrected chi connectivity index (χ3v) is 2.95. The fourth-order valence-corrected chi connectivity index (χ4v) is 1.74. The van der Waals surface area contributed by atoms with E-state index in [2.05, 4.69) is 15.4 Å². The van der Waals surface area contributed by atoms with E-state index in [0.29, 0.717) is 23.9 Å². The molecule has 0 radical (unpaired) electrons. The van der Waals surface area contributed by atoms with Gasteiger partial charge in [0.2, 0.25) is 0 Å². The molecule has 2 rings (SSSR count). The van der Waals surface area contributed by atoms with Crippen molar-refractivity contribution < 1.29 is 9.53 Å². The molecule has 0 saturated carbocycles. The summed E-state index contributed by atoms with van der Waals surface area (Å²) in [6, 6.07) is 6.53. The number of benzene rings is 1. The second-order valence-electron chi connectivity index (χ2n) is 3.85. The highest BCUT2D eigenvalue weighted by Crippen LogP contribution is 2.26. The van der Waals surface area contributed by atoms with Crippen molar-refractivity contribution in [2.75, 3.05) is 13.1 Å². The number of carbonyl (C=O) groups excluding carboxylic acids is 1. The van der Waals surface area contributed by atoms with Crippen LogP contribution in [-0.4, -0.2) is 44.2 Å². The Balaban J connectivity index is 2.13. The fraction of sp³-hybridized carbons (Fsp3) is 0.333. The van der Waals surface area contributed by atoms with Crippen LogP contribution in [0.3, 0.4) is 0 Å². The summed E-state index contributed by atoms with van der Waals surface area (Å²) in [6.07, 6.45) is 0. The molecule has 1 aromatic carbocycles. The third-order valence-electron chi connectivity index (χ3n) is 2.64. The molecule has 0 bridgehead atoms. The minimum Gasteiger partial charge on any atom is -0.421 e. The standard InChI is InChI=1S/C12H14ClN5O2/c1-3-17(4-2)12(19)18-15-11(14-16-18)20-10-8-6-5-7-9(10)13/h5-8H,3-4H2,1-2H3. The molecule has 1 amide bonds. The van der Waals surface area contributed by atoms with E-state index < -0.39 is 0 Å². The summed E-state index contributed by atoms with van der Waals surface area (Å²) < 4.78 is 5.38. The van der Waals surface area contributed by atoms with Gasteiger partial charge in [-0.3, -0.25) is 0 Å². The summed E-state index contributed by atoms with van der Waals surface area (Å²) in [6.45, 7) is 4.88. The summed E-state index contributed by atoms with van der Waals surface area (Å²) in [5.74, 6) is 0.406. The van der Waals surface area contributed by atoms with E-state index >= 15 is 0 Å². The van der Waals surface area contributed by atoms with Gasteiger partial charge in [-0.2, -0.15) is 0 Å². The van der Waals surface area contributed by atoms with Gasteiger partial charge < -0.3 is 9.64 Å². The van der Waals surface area contributed by atoms with Crippen LogP contribution in [0.2, 0.25) is 5.02 Å². The van der Waals surface area contributed by atoms with E-state index in [-0.39, 0.29) is 12.0 Å². The number of carbonyl (C=O) groups is 1. The normalized spacial score (nSPS) is 10.3. The molecule has 106 valence electrons. The summed E-state index contributed by atoms with van der Waals surface area (Å²) in [4.78, 5) is 14.5. The number of halogens is 1. The van der Waals surface area contributed by atoms with Gasteiger partial charge in [0.25, 0.3) is 0 Å². The van der Waals surface area contributed by atoms with Gasteiger partial charge >= 0.3 is 12.0 Å². The van der Waals surface area contributed by atoms with E-state index in [1.165, 1.54) is 0 Å². The van der Waals surface area contributed by atoms with Crippen LogP contribution in [0.5, 0.6) is 11.8 Å². The third kappa shape index (κ3) is 3.05. The number of ether oxygens (including phenoxy) is 1. The molecule has 0 N–H and O–H groups in total. The average molecular weight is 296 g/mol. The van der Waals surface area contributed by atoms with Gasteiger partial charge in [0, 0.05) is 13.1 Å². The number of amides is 1. The van der Waals surface area contributed by atoms with E-state index in [0.717, 1.165) is 4.80 Å². The zero-order valence-electron chi connectivity index (χ0n) is 11.2. The SMILES string of the molecule is CCN(CC)C(=O)n1nnc(Oc2ccccc2Cl)n1. The Morgan fingerprint density at radius 1 is 1.35 bits per heavy atom. The molecule has 7 nitrogen and oxygen atoms in total. The number of para-hydroxylation sites is 1. The number of hydrogen-bond donors (Lipinski definition) is 0. The van der Waals surface area contributed by atoms with E-state index in [4.69, 9.17) is 16.3 Å². The van der Waals surface area contributed by atoms with Crippen LogP contribution in [0, 0.1) is 0 Å². The molecule has 1 heterocycles. The van der Waals surface area contributed by atoms with Crippen LogP contribution in [0.25, 0.3) is 0 Å². The summed E-state index contributed by atoms with van der Waals surface area (Å²) >= 11 is 5.96. The lowest BCUT2D eigenvalue weighted by atomic mass is 10.3. The van der Waals surface area contributed by atoms with E-state index in [9.17, 15) is 4.79 Å². The van der Waals surface area contributed by atoms with Crippen LogP contribution in [0.4, 0.5) is 4.79 Å². The molecule has 0 spiro atoms. The molecule has 2 aromatic rings. The number of hydrogen-bond acceptors (Lipinski definition) is 5. The van der Waals surface area contributed by atoms with Crippen molar-refractivity contribution in [3.63, 3.8) is 0 Å². The minimum atomic E-state index is -0.350. The zero-order chi connectivity index (χ0) is 14.5. The van der Waals surface area contributed by atoms with Gasteiger partial charge in [0.15, 0.2) is 0 Å². The lowest BCUT2D eigenvalue weighted by molar-refractivity contribution is 0.196. The van der Waals surface area contributed by atoms with E-state index in [1.54, 1.807) is 29.2 Å². The summed E-state index contributed by atoms with van der Waals surface area (Å²) in [5.41, 5.74) is 0. The molecule has 0 saturated heterocycles. The smallest absolute Gasteiger partial charge is 0.363 e. The van der Waals surface area contributed by atoms with Gasteiger partial charge in [-0.05, 0) is 31.2 Å². The molecule has 1 aromatic heterocycles. The molecule has 0 aliphatic carbocycles. The molecular weight excluding hydrogens is 282 g/mol. The highest BCUT2D eigenvalue weighted by atomic mass is 35.5. The number of tetrazole rings is 1. The first-order valence-corrected chi connectivity index (χ1v) is 6.55. The molecule has 20 heavy (non-hydrogen) atoms. The number of nitrogens with zero attached hydrogens (tertiary/aromatic N) is 5. The van der Waals surface area contributed by atoms with Crippen LogP contribution in [0.15, 0.2) is 24.3 Å². The maximum absolute atomic E-state index is 12.0. The Labute approximate surface area is 121 Å². The molecule has 0 unspecified atom stereocenters. The van der Waals surface area contributed by atoms with Gasteiger partial charge in [-0.25, -0.2) is 4.79 Å². The fourth-order valence-electron chi connectivity index (χ4n) is 1.57. The molecule has 0 aliphatic rings. The Morgan fingerprint density at radius 2 is 2.05 bits per heavy atom. The van der Waals surface area contributed by atoms with Gasteiger partial charge in [0.1, 0.15) is 5.75 Å². The second-order valence-corrected chi connectivity index (χ2v) is 4.26. The van der Waals surface area contributed by atoms with Crippen molar-refractivity contribution in [2.45, 2.75) is 13.8 Å².